The number of unbranched alkanes of at least 4 members (excludes halogenated alkanes) is 1. The topological polar surface area (TPSA) is 58.2 Å². The van der Waals surface area contributed by atoms with Crippen molar-refractivity contribution in [1.82, 2.24) is 10.6 Å². The van der Waals surface area contributed by atoms with E-state index in [1.807, 2.05) is 24.3 Å². The van der Waals surface area contributed by atoms with Crippen LogP contribution < -0.4 is 10.6 Å². The van der Waals surface area contributed by atoms with E-state index in [0.29, 0.717) is 24.6 Å². The summed E-state index contributed by atoms with van der Waals surface area (Å²) < 4.78 is 0. The van der Waals surface area contributed by atoms with Crippen molar-refractivity contribution in [1.29, 1.82) is 0 Å². The van der Waals surface area contributed by atoms with E-state index < -0.39 is 0 Å². The lowest BCUT2D eigenvalue weighted by molar-refractivity contribution is -0.118. The number of amides is 2. The van der Waals surface area contributed by atoms with Crippen LogP contribution in [-0.4, -0.2) is 24.9 Å². The van der Waals surface area contributed by atoms with Crippen molar-refractivity contribution in [3.63, 3.8) is 0 Å². The molecule has 1 aromatic carbocycles. The van der Waals surface area contributed by atoms with Gasteiger partial charge in [-0.3, -0.25) is 9.59 Å². The Morgan fingerprint density at radius 1 is 1.00 bits per heavy atom. The van der Waals surface area contributed by atoms with E-state index >= 15 is 0 Å². The van der Waals surface area contributed by atoms with Gasteiger partial charge in [-0.15, -0.1) is 0 Å². The van der Waals surface area contributed by atoms with E-state index in [9.17, 15) is 9.59 Å². The maximum absolute atomic E-state index is 11.9. The molecule has 1 rings (SSSR count). The van der Waals surface area contributed by atoms with Crippen molar-refractivity contribution in [2.75, 3.05) is 13.1 Å². The summed E-state index contributed by atoms with van der Waals surface area (Å²) in [6.07, 6.45) is 1.72. The van der Waals surface area contributed by atoms with Crippen LogP contribution in [0.4, 0.5) is 0 Å². The second kappa shape index (κ2) is 8.35. The summed E-state index contributed by atoms with van der Waals surface area (Å²) in [7, 11) is 0. The van der Waals surface area contributed by atoms with Crippen LogP contribution in [0.1, 0.15) is 55.5 Å². The van der Waals surface area contributed by atoms with Crippen molar-refractivity contribution >= 4 is 11.8 Å². The molecule has 0 radical (unpaired) electrons. The van der Waals surface area contributed by atoms with E-state index in [0.717, 1.165) is 12.8 Å². The van der Waals surface area contributed by atoms with Gasteiger partial charge in [0.05, 0.1) is 0 Å². The third-order valence-corrected chi connectivity index (χ3v) is 3.10. The number of carbonyl (C=O) groups excluding carboxylic acids is 2. The molecule has 20 heavy (non-hydrogen) atoms. The monoisotopic (exact) mass is 276 g/mol. The molecule has 0 saturated carbocycles. The Kier molecular flexibility index (Phi) is 6.77. The van der Waals surface area contributed by atoms with Crippen LogP contribution in [0.25, 0.3) is 0 Å². The highest BCUT2D eigenvalue weighted by Crippen LogP contribution is 2.14. The number of hydrogen-bond donors (Lipinski definition) is 2. The van der Waals surface area contributed by atoms with Gasteiger partial charge >= 0.3 is 0 Å². The van der Waals surface area contributed by atoms with Crippen LogP contribution in [0.5, 0.6) is 0 Å². The molecule has 0 fully saturated rings. The Balaban J connectivity index is 2.27. The minimum Gasteiger partial charge on any atom is -0.356 e. The standard InChI is InChI=1S/C16H24N2O2/c1-12(2)14-6-8-15(9-7-14)16(20)18-11-5-4-10-17-13(3)19/h6-9,12H,4-5,10-11H2,1-3H3,(H,17,19)(H,18,20). The van der Waals surface area contributed by atoms with Gasteiger partial charge in [0.1, 0.15) is 0 Å². The van der Waals surface area contributed by atoms with Gasteiger partial charge in [-0.25, -0.2) is 0 Å². The summed E-state index contributed by atoms with van der Waals surface area (Å²) in [4.78, 5) is 22.6. The third kappa shape index (κ3) is 5.87. The van der Waals surface area contributed by atoms with E-state index in [1.165, 1.54) is 12.5 Å². The van der Waals surface area contributed by atoms with Gasteiger partial charge in [-0.1, -0.05) is 26.0 Å². The summed E-state index contributed by atoms with van der Waals surface area (Å²) in [6.45, 7) is 7.05. The van der Waals surface area contributed by atoms with Crippen LogP contribution >= 0.6 is 0 Å². The molecule has 4 heteroatoms. The first kappa shape index (κ1) is 16.2. The van der Waals surface area contributed by atoms with Gasteiger partial charge in [0.2, 0.25) is 5.91 Å². The summed E-state index contributed by atoms with van der Waals surface area (Å²) in [6, 6.07) is 7.72. The molecule has 0 spiro atoms. The van der Waals surface area contributed by atoms with Gasteiger partial charge in [0.15, 0.2) is 0 Å². The highest BCUT2D eigenvalue weighted by molar-refractivity contribution is 5.94. The van der Waals surface area contributed by atoms with Crippen molar-refractivity contribution in [3.05, 3.63) is 35.4 Å². The Morgan fingerprint density at radius 3 is 2.05 bits per heavy atom. The Labute approximate surface area is 121 Å². The predicted molar refractivity (Wildman–Crippen MR) is 80.8 cm³/mol. The Morgan fingerprint density at radius 2 is 1.55 bits per heavy atom. The molecule has 2 N–H and O–H groups in total. The minimum atomic E-state index is -0.0418. The van der Waals surface area contributed by atoms with Crippen molar-refractivity contribution in [2.24, 2.45) is 0 Å². The second-order valence-corrected chi connectivity index (χ2v) is 5.22. The first-order chi connectivity index (χ1) is 9.50. The first-order valence-electron chi connectivity index (χ1n) is 7.13. The number of carbonyl (C=O) groups is 2. The zero-order chi connectivity index (χ0) is 15.0. The lowest BCUT2D eigenvalue weighted by Crippen LogP contribution is -2.26. The van der Waals surface area contributed by atoms with E-state index in [1.54, 1.807) is 0 Å². The van der Waals surface area contributed by atoms with E-state index in [4.69, 9.17) is 0 Å². The number of rotatable bonds is 7. The number of nitrogens with one attached hydrogen (secondary N) is 2. The molecular weight excluding hydrogens is 252 g/mol. The van der Waals surface area contributed by atoms with Crippen molar-refractivity contribution in [3.8, 4) is 0 Å². The lowest BCUT2D eigenvalue weighted by atomic mass is 10.0. The zero-order valence-corrected chi connectivity index (χ0v) is 12.5. The van der Waals surface area contributed by atoms with Gasteiger partial charge in [0, 0.05) is 25.6 Å². The molecule has 0 aliphatic rings. The third-order valence-electron chi connectivity index (χ3n) is 3.10. The average molecular weight is 276 g/mol. The van der Waals surface area contributed by atoms with E-state index in [2.05, 4.69) is 24.5 Å². The molecule has 0 atom stereocenters. The minimum absolute atomic E-state index is 0.0146. The second-order valence-electron chi connectivity index (χ2n) is 5.22. The fourth-order valence-corrected chi connectivity index (χ4v) is 1.84. The fraction of sp³-hybridized carbons (Fsp3) is 0.500. The molecule has 0 aliphatic carbocycles. The molecule has 0 unspecified atom stereocenters. The molecule has 2 amide bonds. The van der Waals surface area contributed by atoms with Crippen LogP contribution in [0.3, 0.4) is 0 Å². The van der Waals surface area contributed by atoms with E-state index in [-0.39, 0.29) is 11.8 Å². The molecule has 0 aromatic heterocycles. The quantitative estimate of drug-likeness (QED) is 0.752. The SMILES string of the molecule is CC(=O)NCCCCNC(=O)c1ccc(C(C)C)cc1. The molecule has 0 saturated heterocycles. The van der Waals surface area contributed by atoms with Gasteiger partial charge in [0.25, 0.3) is 5.91 Å². The van der Waals surface area contributed by atoms with Gasteiger partial charge < -0.3 is 10.6 Å². The predicted octanol–water partition coefficient (Wildman–Crippen LogP) is 2.46. The summed E-state index contributed by atoms with van der Waals surface area (Å²) in [5.41, 5.74) is 1.92. The molecule has 0 aliphatic heterocycles. The molecule has 1 aromatic rings. The van der Waals surface area contributed by atoms with Crippen LogP contribution in [0.15, 0.2) is 24.3 Å². The Hall–Kier alpha value is -1.84. The zero-order valence-electron chi connectivity index (χ0n) is 12.5. The summed E-state index contributed by atoms with van der Waals surface area (Å²) in [5, 5.41) is 5.61. The Bertz CT molecular complexity index is 438. The first-order valence-corrected chi connectivity index (χ1v) is 7.13. The average Bonchev–Trinajstić information content (AvgIpc) is 2.42. The number of benzene rings is 1. The fourth-order valence-electron chi connectivity index (χ4n) is 1.84. The normalized spacial score (nSPS) is 10.4. The molecule has 4 nitrogen and oxygen atoms in total. The molecule has 110 valence electrons. The van der Waals surface area contributed by atoms with Crippen LogP contribution in [0.2, 0.25) is 0 Å². The highest BCUT2D eigenvalue weighted by atomic mass is 16.2. The van der Waals surface area contributed by atoms with Gasteiger partial charge in [-0.2, -0.15) is 0 Å². The largest absolute Gasteiger partial charge is 0.356 e. The number of hydrogen-bond acceptors (Lipinski definition) is 2. The molecule has 0 heterocycles. The maximum Gasteiger partial charge on any atom is 0.251 e. The highest BCUT2D eigenvalue weighted by Gasteiger charge is 2.05. The van der Waals surface area contributed by atoms with Crippen LogP contribution in [0, 0.1) is 0 Å². The lowest BCUT2D eigenvalue weighted by Gasteiger charge is -2.08. The summed E-state index contributed by atoms with van der Waals surface area (Å²) in [5.74, 6) is 0.417. The van der Waals surface area contributed by atoms with Crippen LogP contribution in [-0.2, 0) is 4.79 Å². The maximum atomic E-state index is 11.9. The summed E-state index contributed by atoms with van der Waals surface area (Å²) >= 11 is 0. The van der Waals surface area contributed by atoms with Gasteiger partial charge in [-0.05, 0) is 36.5 Å². The smallest absolute Gasteiger partial charge is 0.251 e. The molecule has 0 bridgehead atoms. The molecular formula is C16H24N2O2. The van der Waals surface area contributed by atoms with Crippen molar-refractivity contribution in [2.45, 2.75) is 39.5 Å². The van der Waals surface area contributed by atoms with Crippen molar-refractivity contribution < 1.29 is 9.59 Å².